The predicted octanol–water partition coefficient (Wildman–Crippen LogP) is 5.36. The van der Waals surface area contributed by atoms with E-state index in [1.54, 1.807) is 12.1 Å². The topological polar surface area (TPSA) is 32.7 Å². The van der Waals surface area contributed by atoms with Gasteiger partial charge in [-0.2, -0.15) is 0 Å². The average molecular weight is 388 g/mol. The Morgan fingerprint density at radius 2 is 1.39 bits per heavy atom. The third-order valence-corrected chi connectivity index (χ3v) is 5.13. The van der Waals surface area contributed by atoms with Gasteiger partial charge in [0.15, 0.2) is 0 Å². The lowest BCUT2D eigenvalue weighted by Gasteiger charge is -2.28. The Morgan fingerprint density at radius 1 is 0.857 bits per heavy atom. The maximum Gasteiger partial charge on any atom is 0.123 e. The summed E-state index contributed by atoms with van der Waals surface area (Å²) in [6.45, 7) is 10.4. The lowest BCUT2D eigenvalue weighted by atomic mass is 9.84. The Morgan fingerprint density at radius 3 is 1.89 bits per heavy atom. The van der Waals surface area contributed by atoms with E-state index in [4.69, 9.17) is 4.74 Å². The molecule has 28 heavy (non-hydrogen) atoms. The van der Waals surface area contributed by atoms with Gasteiger partial charge in [-0.3, -0.25) is 0 Å². The summed E-state index contributed by atoms with van der Waals surface area (Å²) in [5, 5.41) is 11.2. The van der Waals surface area contributed by atoms with Crippen LogP contribution in [0.25, 0.3) is 0 Å². The molecule has 0 aromatic heterocycles. The van der Waals surface area contributed by atoms with E-state index in [1.807, 2.05) is 31.2 Å². The smallest absolute Gasteiger partial charge is 0.123 e. The van der Waals surface area contributed by atoms with Crippen molar-refractivity contribution in [2.24, 2.45) is 0 Å². The van der Waals surface area contributed by atoms with Crippen molar-refractivity contribution < 1.29 is 14.2 Å². The minimum Gasteiger partial charge on any atom is -0.494 e. The number of halogens is 1. The summed E-state index contributed by atoms with van der Waals surface area (Å²) in [7, 11) is 0. The summed E-state index contributed by atoms with van der Waals surface area (Å²) in [6, 6.07) is 13.6. The van der Waals surface area contributed by atoms with Gasteiger partial charge in [0.1, 0.15) is 17.2 Å². The number of hydrogen-bond acceptors (Lipinski definition) is 3. The Kier molecular flexibility index (Phi) is 8.94. The van der Waals surface area contributed by atoms with Crippen molar-refractivity contribution >= 4 is 0 Å². The molecule has 154 valence electrons. The highest BCUT2D eigenvalue weighted by Gasteiger charge is 2.29. The number of rotatable bonds is 12. The van der Waals surface area contributed by atoms with E-state index in [0.29, 0.717) is 18.6 Å². The Balaban J connectivity index is 1.94. The molecule has 2 aromatic carbocycles. The number of ether oxygens (including phenoxy) is 1. The fourth-order valence-corrected chi connectivity index (χ4v) is 3.57. The van der Waals surface area contributed by atoms with Gasteiger partial charge >= 0.3 is 0 Å². The van der Waals surface area contributed by atoms with Crippen LogP contribution in [-0.2, 0) is 5.60 Å². The molecular weight excluding hydrogens is 353 g/mol. The molecule has 0 bridgehead atoms. The van der Waals surface area contributed by atoms with Crippen molar-refractivity contribution in [3.05, 3.63) is 65.5 Å². The summed E-state index contributed by atoms with van der Waals surface area (Å²) in [4.78, 5) is 2.48. The molecule has 2 aromatic rings. The Hall–Kier alpha value is -1.91. The van der Waals surface area contributed by atoms with E-state index in [1.165, 1.54) is 25.0 Å². The van der Waals surface area contributed by atoms with Crippen molar-refractivity contribution in [3.8, 4) is 5.75 Å². The molecule has 0 aliphatic rings. The van der Waals surface area contributed by atoms with Gasteiger partial charge in [-0.1, -0.05) is 45.0 Å². The van der Waals surface area contributed by atoms with Crippen LogP contribution in [0.3, 0.4) is 0 Å². The second kappa shape index (κ2) is 11.2. The molecule has 0 aliphatic carbocycles. The fourth-order valence-electron chi connectivity index (χ4n) is 3.57. The van der Waals surface area contributed by atoms with Crippen LogP contribution in [0.15, 0.2) is 48.5 Å². The number of benzene rings is 2. The molecule has 1 unspecified atom stereocenters. The Labute approximate surface area is 169 Å². The first-order valence-electron chi connectivity index (χ1n) is 10.5. The SMILES string of the molecule is CCCN(CCC)CCCOc1ccc(C(O)(CC)c2ccc(F)cc2)cc1. The van der Waals surface area contributed by atoms with Gasteiger partial charge in [0.05, 0.1) is 6.61 Å². The largest absolute Gasteiger partial charge is 0.494 e. The van der Waals surface area contributed by atoms with Crippen LogP contribution < -0.4 is 4.74 Å². The van der Waals surface area contributed by atoms with Gasteiger partial charge in [0.25, 0.3) is 0 Å². The molecule has 3 nitrogen and oxygen atoms in total. The maximum absolute atomic E-state index is 13.2. The molecule has 1 atom stereocenters. The van der Waals surface area contributed by atoms with Gasteiger partial charge in [-0.15, -0.1) is 0 Å². The van der Waals surface area contributed by atoms with Gasteiger partial charge in [-0.05, 0) is 74.2 Å². The van der Waals surface area contributed by atoms with Crippen LogP contribution >= 0.6 is 0 Å². The first kappa shape index (κ1) is 22.4. The zero-order valence-corrected chi connectivity index (χ0v) is 17.5. The Bertz CT molecular complexity index is 681. The van der Waals surface area contributed by atoms with Crippen molar-refractivity contribution in [2.45, 2.75) is 52.1 Å². The van der Waals surface area contributed by atoms with E-state index in [0.717, 1.165) is 37.4 Å². The van der Waals surface area contributed by atoms with E-state index in [2.05, 4.69) is 18.7 Å². The molecular formula is C24H34FNO2. The molecule has 0 heterocycles. The predicted molar refractivity (Wildman–Crippen MR) is 113 cm³/mol. The standard InChI is InChI=1S/C24H34FNO2/c1-4-16-26(17-5-2)18-7-19-28-23-14-10-21(11-15-23)24(27,6-3)20-8-12-22(25)13-9-20/h8-15,27H,4-7,16-19H2,1-3H3. The molecule has 0 saturated heterocycles. The molecule has 0 aliphatic heterocycles. The quantitative estimate of drug-likeness (QED) is 0.498. The van der Waals surface area contributed by atoms with Gasteiger partial charge in [-0.25, -0.2) is 4.39 Å². The normalized spacial score (nSPS) is 13.5. The minimum absolute atomic E-state index is 0.303. The molecule has 4 heteroatoms. The van der Waals surface area contributed by atoms with Crippen LogP contribution in [0.4, 0.5) is 4.39 Å². The molecule has 0 radical (unpaired) electrons. The first-order chi connectivity index (χ1) is 13.5. The number of nitrogens with zero attached hydrogens (tertiary/aromatic N) is 1. The molecule has 1 N–H and O–H groups in total. The average Bonchev–Trinajstić information content (AvgIpc) is 2.72. The zero-order chi connectivity index (χ0) is 20.4. The minimum atomic E-state index is -1.13. The zero-order valence-electron chi connectivity index (χ0n) is 17.5. The lowest BCUT2D eigenvalue weighted by molar-refractivity contribution is 0.0764. The second-order valence-electron chi connectivity index (χ2n) is 7.29. The number of aliphatic hydroxyl groups is 1. The third kappa shape index (κ3) is 6.05. The van der Waals surface area contributed by atoms with Crippen LogP contribution in [0.1, 0.15) is 57.6 Å². The summed E-state index contributed by atoms with van der Waals surface area (Å²) < 4.78 is 19.1. The summed E-state index contributed by atoms with van der Waals surface area (Å²) in [5.41, 5.74) is 0.343. The second-order valence-corrected chi connectivity index (χ2v) is 7.29. The van der Waals surface area contributed by atoms with E-state index < -0.39 is 5.60 Å². The molecule has 0 amide bonds. The van der Waals surface area contributed by atoms with Gasteiger partial charge in [0.2, 0.25) is 0 Å². The van der Waals surface area contributed by atoms with E-state index in [-0.39, 0.29) is 5.82 Å². The monoisotopic (exact) mass is 387 g/mol. The highest BCUT2D eigenvalue weighted by molar-refractivity contribution is 5.38. The van der Waals surface area contributed by atoms with Gasteiger partial charge in [0, 0.05) is 6.54 Å². The van der Waals surface area contributed by atoms with Crippen LogP contribution in [-0.4, -0.2) is 36.2 Å². The third-order valence-electron chi connectivity index (χ3n) is 5.13. The molecule has 0 fully saturated rings. The lowest BCUT2D eigenvalue weighted by Crippen LogP contribution is -2.27. The summed E-state index contributed by atoms with van der Waals surface area (Å²) in [6.07, 6.45) is 3.85. The first-order valence-corrected chi connectivity index (χ1v) is 10.5. The van der Waals surface area contributed by atoms with Crippen molar-refractivity contribution in [1.29, 1.82) is 0 Å². The maximum atomic E-state index is 13.2. The molecule has 0 saturated carbocycles. The number of hydrogen-bond donors (Lipinski definition) is 1. The molecule has 2 rings (SSSR count). The highest BCUT2D eigenvalue weighted by atomic mass is 19.1. The van der Waals surface area contributed by atoms with E-state index >= 15 is 0 Å². The van der Waals surface area contributed by atoms with E-state index in [9.17, 15) is 9.50 Å². The van der Waals surface area contributed by atoms with Crippen LogP contribution in [0, 0.1) is 5.82 Å². The summed E-state index contributed by atoms with van der Waals surface area (Å²) >= 11 is 0. The van der Waals surface area contributed by atoms with Gasteiger partial charge < -0.3 is 14.7 Å². The van der Waals surface area contributed by atoms with Crippen molar-refractivity contribution in [2.75, 3.05) is 26.2 Å². The van der Waals surface area contributed by atoms with Crippen LogP contribution in [0.5, 0.6) is 5.75 Å². The molecule has 0 spiro atoms. The summed E-state index contributed by atoms with van der Waals surface area (Å²) in [5.74, 6) is 0.501. The van der Waals surface area contributed by atoms with Crippen molar-refractivity contribution in [3.63, 3.8) is 0 Å². The van der Waals surface area contributed by atoms with Crippen LogP contribution in [0.2, 0.25) is 0 Å². The van der Waals surface area contributed by atoms with Crippen molar-refractivity contribution in [1.82, 2.24) is 4.90 Å². The highest BCUT2D eigenvalue weighted by Crippen LogP contribution is 2.33. The fraction of sp³-hybridized carbons (Fsp3) is 0.500.